The summed E-state index contributed by atoms with van der Waals surface area (Å²) in [6.45, 7) is 1.48. The van der Waals surface area contributed by atoms with Gasteiger partial charge in [-0.1, -0.05) is 36.4 Å². The minimum atomic E-state index is -6.13. The van der Waals surface area contributed by atoms with Crippen molar-refractivity contribution in [2.45, 2.75) is 80.5 Å². The molecule has 9 nitrogen and oxygen atoms in total. The van der Waals surface area contributed by atoms with Crippen molar-refractivity contribution >= 4 is 22.7 Å². The van der Waals surface area contributed by atoms with E-state index in [0.717, 1.165) is 54.6 Å². The summed E-state index contributed by atoms with van der Waals surface area (Å²) in [7, 11) is 0. The molecule has 4 aromatic carbocycles. The van der Waals surface area contributed by atoms with Crippen molar-refractivity contribution in [1.82, 2.24) is 0 Å². The lowest BCUT2D eigenvalue weighted by Crippen LogP contribution is -2.54. The molecule has 0 bridgehead atoms. The molecule has 0 radical (unpaired) electrons. The maximum atomic E-state index is 13.1. The number of para-hydroxylation sites is 1. The van der Waals surface area contributed by atoms with Crippen LogP contribution >= 0.6 is 0 Å². The van der Waals surface area contributed by atoms with E-state index in [-0.39, 0.29) is 40.4 Å². The standard InChI is InChI=1S/C19H17F9N2O2.C18H18F6N2O3/c1-15(31,17(20,21)22)12-7-9(3-5-13(12)29)6-10-2-4-11(14(30)8-10)16(32,18(23,24)25)19(26,27)28;1-15(27,17(19,20)21)10-4-3-5-13(14(10)26)29-9-6-7-12(25)11(8-9)16(2,28)18(22,23)24/h2-5,7-8,31-32H,6,29-30H2,1H3;3-8,27-28H,25-26H2,1-2H3. The van der Waals surface area contributed by atoms with Crippen LogP contribution in [0.15, 0.2) is 72.8 Å². The van der Waals surface area contributed by atoms with Crippen molar-refractivity contribution in [3.05, 3.63) is 106 Å². The molecule has 0 heterocycles. The first-order chi connectivity index (χ1) is 27.2. The van der Waals surface area contributed by atoms with Gasteiger partial charge in [-0.3, -0.25) is 0 Å². The minimum absolute atomic E-state index is 0.0281. The smallest absolute Gasteiger partial charge is 0.430 e. The lowest BCUT2D eigenvalue weighted by molar-refractivity contribution is -0.376. The zero-order valence-electron chi connectivity index (χ0n) is 31.3. The van der Waals surface area contributed by atoms with Crippen LogP contribution in [-0.2, 0) is 28.8 Å². The Labute approximate surface area is 334 Å². The van der Waals surface area contributed by atoms with Crippen LogP contribution in [0.5, 0.6) is 11.5 Å². The molecule has 24 heteroatoms. The number of ether oxygens (including phenoxy) is 1. The summed E-state index contributed by atoms with van der Waals surface area (Å²) in [5.74, 6) is -0.608. The predicted molar refractivity (Wildman–Crippen MR) is 189 cm³/mol. The highest BCUT2D eigenvalue weighted by molar-refractivity contribution is 5.63. The van der Waals surface area contributed by atoms with Crippen LogP contribution in [0, 0.1) is 0 Å². The third kappa shape index (κ3) is 9.76. The van der Waals surface area contributed by atoms with Crippen molar-refractivity contribution in [2.24, 2.45) is 0 Å². The Bertz CT molecular complexity index is 2200. The fraction of sp³-hybridized carbons (Fsp3) is 0.351. The number of hydrogen-bond donors (Lipinski definition) is 8. The Morgan fingerprint density at radius 1 is 0.443 bits per heavy atom. The molecule has 0 spiro atoms. The number of hydrogen-bond acceptors (Lipinski definition) is 9. The van der Waals surface area contributed by atoms with Crippen LogP contribution in [0.2, 0.25) is 0 Å². The summed E-state index contributed by atoms with van der Waals surface area (Å²) >= 11 is 0. The van der Waals surface area contributed by atoms with Crippen molar-refractivity contribution in [3.8, 4) is 11.5 Å². The van der Waals surface area contributed by atoms with Gasteiger partial charge in [0.25, 0.3) is 5.60 Å². The molecule has 0 saturated heterocycles. The molecule has 3 atom stereocenters. The van der Waals surface area contributed by atoms with Gasteiger partial charge in [0.15, 0.2) is 22.6 Å². The van der Waals surface area contributed by atoms with Gasteiger partial charge in [-0.05, 0) is 74.7 Å². The molecule has 0 amide bonds. The van der Waals surface area contributed by atoms with Crippen LogP contribution < -0.4 is 27.7 Å². The van der Waals surface area contributed by atoms with Crippen LogP contribution in [0.3, 0.4) is 0 Å². The lowest BCUT2D eigenvalue weighted by atomic mass is 9.88. The average molecular weight is 901 g/mol. The number of anilines is 4. The van der Waals surface area contributed by atoms with Gasteiger partial charge in [0.1, 0.15) is 5.75 Å². The molecule has 0 aliphatic heterocycles. The van der Waals surface area contributed by atoms with E-state index in [0.29, 0.717) is 26.8 Å². The van der Waals surface area contributed by atoms with Crippen LogP contribution in [0.25, 0.3) is 0 Å². The van der Waals surface area contributed by atoms with Gasteiger partial charge in [0, 0.05) is 39.3 Å². The number of benzene rings is 4. The molecule has 4 rings (SSSR count). The van der Waals surface area contributed by atoms with Gasteiger partial charge < -0.3 is 48.1 Å². The normalized spacial score (nSPS) is 16.1. The fourth-order valence-electron chi connectivity index (χ4n) is 5.55. The van der Waals surface area contributed by atoms with Gasteiger partial charge in [0.2, 0.25) is 0 Å². The van der Waals surface area contributed by atoms with Crippen LogP contribution in [-0.4, -0.2) is 51.3 Å². The van der Waals surface area contributed by atoms with Crippen molar-refractivity contribution < 1.29 is 91.0 Å². The van der Waals surface area contributed by atoms with E-state index >= 15 is 0 Å². The number of alkyl halides is 15. The van der Waals surface area contributed by atoms with Gasteiger partial charge >= 0.3 is 30.9 Å². The summed E-state index contributed by atoms with van der Waals surface area (Å²) in [4.78, 5) is 0. The highest BCUT2D eigenvalue weighted by Crippen LogP contribution is 2.52. The molecule has 12 N–H and O–H groups in total. The Kier molecular flexibility index (Phi) is 13.3. The quantitative estimate of drug-likeness (QED) is 0.0631. The predicted octanol–water partition coefficient (Wildman–Crippen LogP) is 8.71. The second kappa shape index (κ2) is 16.2. The maximum Gasteiger partial charge on any atom is 0.430 e. The largest absolute Gasteiger partial charge is 0.455 e. The molecule has 3 unspecified atom stereocenters. The van der Waals surface area contributed by atoms with E-state index in [1.165, 1.54) is 12.1 Å². The first-order valence-corrected chi connectivity index (χ1v) is 16.7. The molecule has 0 aliphatic rings. The van der Waals surface area contributed by atoms with E-state index in [9.17, 15) is 86.3 Å². The lowest BCUT2D eigenvalue weighted by Gasteiger charge is -2.33. The number of nitrogen functional groups attached to an aromatic ring is 4. The van der Waals surface area contributed by atoms with Crippen molar-refractivity contribution in [1.29, 1.82) is 0 Å². The van der Waals surface area contributed by atoms with E-state index in [1.54, 1.807) is 0 Å². The Hall–Kier alpha value is -5.33. The van der Waals surface area contributed by atoms with Crippen LogP contribution in [0.4, 0.5) is 88.6 Å². The second-order valence-electron chi connectivity index (χ2n) is 14.0. The molecular weight excluding hydrogens is 865 g/mol. The average Bonchev–Trinajstić information content (AvgIpc) is 3.08. The summed E-state index contributed by atoms with van der Waals surface area (Å²) in [5, 5.41) is 39.0. The molecule has 0 aliphatic carbocycles. The van der Waals surface area contributed by atoms with Crippen LogP contribution in [0.1, 0.15) is 54.2 Å². The molecule has 0 aromatic heterocycles. The maximum absolute atomic E-state index is 13.1. The van der Waals surface area contributed by atoms with Crippen molar-refractivity contribution in [2.75, 3.05) is 22.9 Å². The molecule has 0 saturated carbocycles. The summed E-state index contributed by atoms with van der Waals surface area (Å²) < 4.78 is 202. The molecule has 4 aromatic rings. The highest BCUT2D eigenvalue weighted by atomic mass is 19.4. The van der Waals surface area contributed by atoms with Gasteiger partial charge in [-0.15, -0.1) is 0 Å². The SMILES string of the molecule is CC(O)(c1cc(Cc2ccc(C(O)(C(F)(F)F)C(F)(F)F)c(N)c2)ccc1N)C(F)(F)F.CC(O)(c1cc(Oc2cccc(C(C)(O)C(F)(F)F)c2N)ccc1N)C(F)(F)F. The number of rotatable bonds is 8. The molecule has 338 valence electrons. The zero-order chi connectivity index (χ0) is 47.3. The monoisotopic (exact) mass is 900 g/mol. The van der Waals surface area contributed by atoms with Gasteiger partial charge in [-0.25, -0.2) is 0 Å². The third-order valence-corrected chi connectivity index (χ3v) is 9.40. The van der Waals surface area contributed by atoms with Crippen molar-refractivity contribution in [3.63, 3.8) is 0 Å². The first-order valence-electron chi connectivity index (χ1n) is 16.7. The Balaban J connectivity index is 0.000000327. The second-order valence-corrected chi connectivity index (χ2v) is 14.0. The molecule has 61 heavy (non-hydrogen) atoms. The van der Waals surface area contributed by atoms with Gasteiger partial charge in [-0.2, -0.15) is 65.9 Å². The number of halogens is 15. The van der Waals surface area contributed by atoms with E-state index in [1.807, 2.05) is 0 Å². The third-order valence-electron chi connectivity index (χ3n) is 9.40. The first kappa shape index (κ1) is 50.0. The highest BCUT2D eigenvalue weighted by Gasteiger charge is 2.72. The number of nitrogens with two attached hydrogens (primary N) is 4. The fourth-order valence-corrected chi connectivity index (χ4v) is 5.55. The van der Waals surface area contributed by atoms with E-state index < -0.39 is 86.9 Å². The topological polar surface area (TPSA) is 194 Å². The Morgan fingerprint density at radius 3 is 1.30 bits per heavy atom. The van der Waals surface area contributed by atoms with E-state index in [2.05, 4.69) is 0 Å². The van der Waals surface area contributed by atoms with Gasteiger partial charge in [0.05, 0.1) is 5.69 Å². The molecule has 0 fully saturated rings. The summed E-state index contributed by atoms with van der Waals surface area (Å²) in [6, 6.07) is 11.4. The Morgan fingerprint density at radius 2 is 0.852 bits per heavy atom. The molecular formula is C37H35F15N4O5. The van der Waals surface area contributed by atoms with E-state index in [4.69, 9.17) is 27.7 Å². The zero-order valence-corrected chi connectivity index (χ0v) is 31.3. The minimum Gasteiger partial charge on any atom is -0.455 e. The summed E-state index contributed by atoms with van der Waals surface area (Å²) in [5.41, 5.74) is 1.04. The summed E-state index contributed by atoms with van der Waals surface area (Å²) in [6.07, 6.45) is -27.7. The number of aliphatic hydroxyl groups is 4.